The van der Waals surface area contributed by atoms with Crippen molar-refractivity contribution in [2.75, 3.05) is 27.2 Å². The first-order chi connectivity index (χ1) is 11.9. The first kappa shape index (κ1) is 19.9. The SMILES string of the molecule is CCC(OC)C(=O)N(C)Cc1ccc(CN2C[C@@H](C)O[C@@H](C)C2)cc1. The number of methoxy groups -OCH3 is 1. The standard InChI is InChI=1S/C20H32N2O3/c1-6-19(24-5)20(23)21(4)13-17-7-9-18(10-8-17)14-22-11-15(2)25-16(3)12-22/h7-10,15-16,19H,6,11-14H2,1-5H3/t15-,16+,19?. The van der Waals surface area contributed by atoms with E-state index < -0.39 is 0 Å². The van der Waals surface area contributed by atoms with E-state index in [4.69, 9.17) is 9.47 Å². The van der Waals surface area contributed by atoms with Gasteiger partial charge in [0.15, 0.2) is 0 Å². The Balaban J connectivity index is 1.90. The predicted molar refractivity (Wildman–Crippen MR) is 99.3 cm³/mol. The van der Waals surface area contributed by atoms with Crippen LogP contribution in [0.25, 0.3) is 0 Å². The lowest BCUT2D eigenvalue weighted by Crippen LogP contribution is -2.44. The number of benzene rings is 1. The summed E-state index contributed by atoms with van der Waals surface area (Å²) in [6.45, 7) is 9.70. The van der Waals surface area contributed by atoms with Gasteiger partial charge < -0.3 is 14.4 Å². The molecular formula is C20H32N2O3. The molecule has 0 spiro atoms. The zero-order valence-corrected chi connectivity index (χ0v) is 16.2. The monoisotopic (exact) mass is 348 g/mol. The minimum absolute atomic E-state index is 0.0327. The van der Waals surface area contributed by atoms with Gasteiger partial charge in [0, 0.05) is 40.3 Å². The fraction of sp³-hybridized carbons (Fsp3) is 0.650. The number of ether oxygens (including phenoxy) is 2. The van der Waals surface area contributed by atoms with E-state index >= 15 is 0 Å². The van der Waals surface area contributed by atoms with Crippen LogP contribution < -0.4 is 0 Å². The van der Waals surface area contributed by atoms with Crippen molar-refractivity contribution in [3.05, 3.63) is 35.4 Å². The van der Waals surface area contributed by atoms with Gasteiger partial charge in [0.1, 0.15) is 6.10 Å². The summed E-state index contributed by atoms with van der Waals surface area (Å²) in [5, 5.41) is 0. The number of likely N-dealkylation sites (N-methyl/N-ethyl adjacent to an activating group) is 1. The van der Waals surface area contributed by atoms with Crippen molar-refractivity contribution in [3.8, 4) is 0 Å². The van der Waals surface area contributed by atoms with E-state index in [9.17, 15) is 4.79 Å². The van der Waals surface area contributed by atoms with Gasteiger partial charge in [0.2, 0.25) is 0 Å². The van der Waals surface area contributed by atoms with Crippen LogP contribution in [0.5, 0.6) is 0 Å². The Morgan fingerprint density at radius 1 is 1.24 bits per heavy atom. The van der Waals surface area contributed by atoms with Crippen LogP contribution in [-0.2, 0) is 27.4 Å². The number of carbonyl (C=O) groups excluding carboxylic acids is 1. The Bertz CT molecular complexity index is 532. The summed E-state index contributed by atoms with van der Waals surface area (Å²) in [7, 11) is 3.41. The Morgan fingerprint density at radius 2 is 1.80 bits per heavy atom. The fourth-order valence-electron chi connectivity index (χ4n) is 3.46. The molecule has 1 aromatic rings. The van der Waals surface area contributed by atoms with Crippen LogP contribution in [0.1, 0.15) is 38.3 Å². The number of nitrogens with zero attached hydrogens (tertiary/aromatic N) is 2. The lowest BCUT2D eigenvalue weighted by atomic mass is 10.1. The quantitative estimate of drug-likeness (QED) is 0.760. The molecule has 1 fully saturated rings. The highest BCUT2D eigenvalue weighted by Gasteiger charge is 2.22. The van der Waals surface area contributed by atoms with Gasteiger partial charge in [-0.1, -0.05) is 31.2 Å². The van der Waals surface area contributed by atoms with E-state index in [1.54, 1.807) is 12.0 Å². The molecular weight excluding hydrogens is 316 g/mol. The molecule has 1 saturated heterocycles. The molecule has 5 heteroatoms. The average Bonchev–Trinajstić information content (AvgIpc) is 2.56. The molecule has 0 aromatic heterocycles. The topological polar surface area (TPSA) is 42.0 Å². The Labute approximate surface area is 151 Å². The summed E-state index contributed by atoms with van der Waals surface area (Å²) in [5.41, 5.74) is 2.43. The number of hydrogen-bond donors (Lipinski definition) is 0. The van der Waals surface area contributed by atoms with Crippen LogP contribution in [0.2, 0.25) is 0 Å². The second-order valence-electron chi connectivity index (χ2n) is 7.09. The van der Waals surface area contributed by atoms with E-state index in [0.717, 1.165) is 25.2 Å². The van der Waals surface area contributed by atoms with Crippen LogP contribution >= 0.6 is 0 Å². The van der Waals surface area contributed by atoms with Gasteiger partial charge in [-0.05, 0) is 31.4 Å². The van der Waals surface area contributed by atoms with Gasteiger partial charge in [-0.2, -0.15) is 0 Å². The van der Waals surface area contributed by atoms with E-state index in [1.807, 2.05) is 14.0 Å². The van der Waals surface area contributed by atoms with E-state index in [2.05, 4.69) is 43.0 Å². The van der Waals surface area contributed by atoms with Crippen molar-refractivity contribution in [2.24, 2.45) is 0 Å². The Kier molecular flexibility index (Phi) is 7.41. The van der Waals surface area contributed by atoms with Crippen LogP contribution in [0.15, 0.2) is 24.3 Å². The third-order valence-electron chi connectivity index (χ3n) is 4.65. The highest BCUT2D eigenvalue weighted by atomic mass is 16.5. The minimum atomic E-state index is -0.352. The zero-order valence-electron chi connectivity index (χ0n) is 16.2. The molecule has 0 radical (unpaired) electrons. The van der Waals surface area contributed by atoms with Gasteiger partial charge in [0.05, 0.1) is 12.2 Å². The molecule has 0 saturated carbocycles. The van der Waals surface area contributed by atoms with Crippen molar-refractivity contribution in [1.82, 2.24) is 9.80 Å². The predicted octanol–water partition coefficient (Wildman–Crippen LogP) is 2.68. The Hall–Kier alpha value is -1.43. The average molecular weight is 348 g/mol. The first-order valence-electron chi connectivity index (χ1n) is 9.16. The molecule has 2 rings (SSSR count). The van der Waals surface area contributed by atoms with Crippen LogP contribution in [-0.4, -0.2) is 61.3 Å². The van der Waals surface area contributed by atoms with E-state index in [1.165, 1.54) is 5.56 Å². The van der Waals surface area contributed by atoms with Gasteiger partial charge in [-0.25, -0.2) is 0 Å². The maximum absolute atomic E-state index is 12.3. The van der Waals surface area contributed by atoms with Crippen molar-refractivity contribution >= 4 is 5.91 Å². The maximum Gasteiger partial charge on any atom is 0.251 e. The minimum Gasteiger partial charge on any atom is -0.373 e. The van der Waals surface area contributed by atoms with Gasteiger partial charge in [-0.3, -0.25) is 9.69 Å². The van der Waals surface area contributed by atoms with E-state index in [-0.39, 0.29) is 24.2 Å². The molecule has 25 heavy (non-hydrogen) atoms. The molecule has 1 aliphatic heterocycles. The summed E-state index contributed by atoms with van der Waals surface area (Å²) >= 11 is 0. The van der Waals surface area contributed by atoms with Crippen molar-refractivity contribution in [2.45, 2.75) is 58.6 Å². The van der Waals surface area contributed by atoms with Crippen molar-refractivity contribution < 1.29 is 14.3 Å². The third-order valence-corrected chi connectivity index (χ3v) is 4.65. The van der Waals surface area contributed by atoms with Crippen LogP contribution in [0, 0.1) is 0 Å². The molecule has 0 N–H and O–H groups in total. The summed E-state index contributed by atoms with van der Waals surface area (Å²) < 4.78 is 11.0. The molecule has 1 aromatic carbocycles. The van der Waals surface area contributed by atoms with Gasteiger partial charge in [0.25, 0.3) is 5.91 Å². The van der Waals surface area contributed by atoms with Crippen molar-refractivity contribution in [3.63, 3.8) is 0 Å². The largest absolute Gasteiger partial charge is 0.373 e. The van der Waals surface area contributed by atoms with E-state index in [0.29, 0.717) is 13.0 Å². The molecule has 1 unspecified atom stereocenters. The second-order valence-corrected chi connectivity index (χ2v) is 7.09. The lowest BCUT2D eigenvalue weighted by molar-refractivity contribution is -0.141. The van der Waals surface area contributed by atoms with Crippen LogP contribution in [0.4, 0.5) is 0 Å². The molecule has 0 aliphatic carbocycles. The second kappa shape index (κ2) is 9.32. The number of rotatable bonds is 7. The summed E-state index contributed by atoms with van der Waals surface area (Å²) in [6, 6.07) is 8.54. The highest BCUT2D eigenvalue weighted by Crippen LogP contribution is 2.15. The number of carbonyl (C=O) groups is 1. The summed E-state index contributed by atoms with van der Waals surface area (Å²) in [4.78, 5) is 16.5. The Morgan fingerprint density at radius 3 is 2.32 bits per heavy atom. The van der Waals surface area contributed by atoms with Crippen LogP contribution in [0.3, 0.4) is 0 Å². The smallest absolute Gasteiger partial charge is 0.251 e. The lowest BCUT2D eigenvalue weighted by Gasteiger charge is -2.35. The zero-order chi connectivity index (χ0) is 18.4. The fourth-order valence-corrected chi connectivity index (χ4v) is 3.46. The molecule has 1 amide bonds. The molecule has 1 aliphatic rings. The summed E-state index contributed by atoms with van der Waals surface area (Å²) in [6.07, 6.45) is 0.911. The molecule has 1 heterocycles. The highest BCUT2D eigenvalue weighted by molar-refractivity contribution is 5.80. The normalized spacial score (nSPS) is 22.6. The summed E-state index contributed by atoms with van der Waals surface area (Å²) in [5.74, 6) is 0.0327. The maximum atomic E-state index is 12.3. The molecule has 0 bridgehead atoms. The third kappa shape index (κ3) is 5.80. The molecule has 3 atom stereocenters. The molecule has 140 valence electrons. The number of morpholine rings is 1. The van der Waals surface area contributed by atoms with Crippen molar-refractivity contribution in [1.29, 1.82) is 0 Å². The molecule has 5 nitrogen and oxygen atoms in total. The van der Waals surface area contributed by atoms with Gasteiger partial charge >= 0.3 is 0 Å². The van der Waals surface area contributed by atoms with Gasteiger partial charge in [-0.15, -0.1) is 0 Å². The first-order valence-corrected chi connectivity index (χ1v) is 9.16. The number of amides is 1. The number of hydrogen-bond acceptors (Lipinski definition) is 4.